The van der Waals surface area contributed by atoms with Crippen molar-refractivity contribution in [3.8, 4) is 0 Å². The van der Waals surface area contributed by atoms with Crippen LogP contribution >= 0.6 is 0 Å². The largest absolute Gasteiger partial charge is 0.481 e. The third-order valence-electron chi connectivity index (χ3n) is 16.1. The Balaban J connectivity index is 0.00000286. The standard InChI is InChI=1S/C42H68O7.C2H6/c1-27(2)28-13-19-42(20-16-34(45)48-24-23-47-10)22-21-40(8)29(36(28)42)11-12-31-39(7)17-15-32(38(5,6)30(39)14-18-41(31,40)9)49-35(46)26-37(3,4)25-33(43)44;1-2/h28-32,36H,1,11-26H2,2-10H3,(H,43,44);1-2H3/t28-,29+,30?,31?,32?,36?,39-,40+,41+,42-;/m0./s1. The summed E-state index contributed by atoms with van der Waals surface area (Å²) < 4.78 is 16.9. The highest BCUT2D eigenvalue weighted by molar-refractivity contribution is 5.73. The summed E-state index contributed by atoms with van der Waals surface area (Å²) in [5, 5.41) is 9.33. The van der Waals surface area contributed by atoms with Crippen LogP contribution in [0.1, 0.15) is 159 Å². The van der Waals surface area contributed by atoms with Gasteiger partial charge in [0.25, 0.3) is 0 Å². The van der Waals surface area contributed by atoms with E-state index in [1.54, 1.807) is 7.11 Å². The van der Waals surface area contributed by atoms with Gasteiger partial charge in [-0.2, -0.15) is 0 Å². The summed E-state index contributed by atoms with van der Waals surface area (Å²) in [6.07, 6.45) is 12.9. The predicted molar refractivity (Wildman–Crippen MR) is 203 cm³/mol. The molecule has 0 spiro atoms. The lowest BCUT2D eigenvalue weighted by Crippen LogP contribution is -2.66. The van der Waals surface area contributed by atoms with Gasteiger partial charge in [0.1, 0.15) is 12.7 Å². The number of rotatable bonds is 12. The minimum atomic E-state index is -0.884. The molecule has 0 heterocycles. The molecular weight excluding hydrogens is 640 g/mol. The van der Waals surface area contributed by atoms with Crippen LogP contribution < -0.4 is 0 Å². The quantitative estimate of drug-likeness (QED) is 0.122. The Hall–Kier alpha value is -1.89. The molecule has 10 atom stereocenters. The Labute approximate surface area is 310 Å². The molecule has 0 aliphatic heterocycles. The SMILES string of the molecule is C=C(C)[C@@H]1CC[C@]2(CCC(=O)OCCOC)CC[C@]3(C)[C@H](CCC4[C@@]5(C)CCC(OC(=O)CC(C)(C)CC(=O)O)C(C)(C)C5CC[C@]43C)C12.CC. The number of hydrogen-bond donors (Lipinski definition) is 1. The van der Waals surface area contributed by atoms with Crippen LogP contribution in [0.4, 0.5) is 0 Å². The molecule has 0 bridgehead atoms. The summed E-state index contributed by atoms with van der Waals surface area (Å²) in [5.74, 6) is 1.53. The Morgan fingerprint density at radius 1 is 0.804 bits per heavy atom. The zero-order chi connectivity index (χ0) is 38.2. The molecule has 5 aliphatic rings. The molecule has 0 aromatic rings. The molecule has 5 aliphatic carbocycles. The molecule has 51 heavy (non-hydrogen) atoms. The molecule has 292 valence electrons. The van der Waals surface area contributed by atoms with E-state index in [0.29, 0.717) is 49.2 Å². The molecule has 0 amide bonds. The first-order chi connectivity index (χ1) is 23.8. The van der Waals surface area contributed by atoms with Crippen molar-refractivity contribution in [1.29, 1.82) is 0 Å². The molecule has 5 fully saturated rings. The minimum Gasteiger partial charge on any atom is -0.481 e. The van der Waals surface area contributed by atoms with Gasteiger partial charge in [0.15, 0.2) is 0 Å². The van der Waals surface area contributed by atoms with Crippen LogP contribution in [0.15, 0.2) is 12.2 Å². The fourth-order valence-corrected chi connectivity index (χ4v) is 13.6. The number of carboxylic acids is 1. The number of methoxy groups -OCH3 is 1. The molecule has 7 heteroatoms. The highest BCUT2D eigenvalue weighted by Crippen LogP contribution is 2.78. The van der Waals surface area contributed by atoms with Crippen LogP contribution in [-0.2, 0) is 28.6 Å². The van der Waals surface area contributed by atoms with Crippen LogP contribution in [0.2, 0.25) is 0 Å². The van der Waals surface area contributed by atoms with Crippen molar-refractivity contribution in [2.75, 3.05) is 20.3 Å². The average molecular weight is 715 g/mol. The van der Waals surface area contributed by atoms with Crippen LogP contribution in [0.5, 0.6) is 0 Å². The summed E-state index contributed by atoms with van der Waals surface area (Å²) >= 11 is 0. The van der Waals surface area contributed by atoms with Gasteiger partial charge in [0, 0.05) is 18.9 Å². The Kier molecular flexibility index (Phi) is 12.7. The van der Waals surface area contributed by atoms with Gasteiger partial charge < -0.3 is 19.3 Å². The highest BCUT2D eigenvalue weighted by Gasteiger charge is 2.71. The second-order valence-corrected chi connectivity index (χ2v) is 19.5. The fraction of sp³-hybridized carbons (Fsp3) is 0.886. The van der Waals surface area contributed by atoms with Gasteiger partial charge in [-0.05, 0) is 134 Å². The van der Waals surface area contributed by atoms with E-state index in [2.05, 4.69) is 48.1 Å². The lowest BCUT2D eigenvalue weighted by molar-refractivity contribution is -0.250. The van der Waals surface area contributed by atoms with Gasteiger partial charge in [-0.15, -0.1) is 0 Å². The molecule has 5 saturated carbocycles. The van der Waals surface area contributed by atoms with E-state index in [4.69, 9.17) is 14.2 Å². The van der Waals surface area contributed by atoms with E-state index in [9.17, 15) is 19.5 Å². The number of allylic oxidation sites excluding steroid dienone is 1. The lowest BCUT2D eigenvalue weighted by Gasteiger charge is -2.73. The number of esters is 2. The van der Waals surface area contributed by atoms with Gasteiger partial charge >= 0.3 is 17.9 Å². The second kappa shape index (κ2) is 15.5. The molecule has 5 rings (SSSR count). The van der Waals surface area contributed by atoms with Gasteiger partial charge in [-0.1, -0.05) is 74.5 Å². The van der Waals surface area contributed by atoms with Crippen molar-refractivity contribution in [3.63, 3.8) is 0 Å². The Morgan fingerprint density at radius 2 is 1.49 bits per heavy atom. The van der Waals surface area contributed by atoms with Crippen LogP contribution in [0.3, 0.4) is 0 Å². The second-order valence-electron chi connectivity index (χ2n) is 19.5. The third-order valence-corrected chi connectivity index (χ3v) is 16.1. The number of carboxylic acid groups (broad SMARTS) is 1. The molecular formula is C44H74O7. The fourth-order valence-electron chi connectivity index (χ4n) is 13.6. The maximum atomic E-state index is 13.2. The highest BCUT2D eigenvalue weighted by atomic mass is 16.6. The van der Waals surface area contributed by atoms with Gasteiger partial charge in [0.05, 0.1) is 19.4 Å². The summed E-state index contributed by atoms with van der Waals surface area (Å²) in [6, 6.07) is 0. The summed E-state index contributed by atoms with van der Waals surface area (Å²) in [7, 11) is 1.63. The normalized spacial score (nSPS) is 39.5. The van der Waals surface area contributed by atoms with E-state index in [-0.39, 0.29) is 58.0 Å². The van der Waals surface area contributed by atoms with E-state index in [1.165, 1.54) is 50.5 Å². The Bertz CT molecular complexity index is 1290. The van der Waals surface area contributed by atoms with Crippen LogP contribution in [0.25, 0.3) is 0 Å². The van der Waals surface area contributed by atoms with Crippen molar-refractivity contribution in [2.24, 2.45) is 62.1 Å². The maximum absolute atomic E-state index is 13.2. The van der Waals surface area contributed by atoms with E-state index < -0.39 is 11.4 Å². The van der Waals surface area contributed by atoms with Crippen molar-refractivity contribution in [3.05, 3.63) is 12.2 Å². The third kappa shape index (κ3) is 7.59. The maximum Gasteiger partial charge on any atom is 0.306 e. The van der Waals surface area contributed by atoms with Gasteiger partial charge in [0.2, 0.25) is 0 Å². The number of ether oxygens (including phenoxy) is 3. The summed E-state index contributed by atoms with van der Waals surface area (Å²) in [5.41, 5.74) is 1.32. The zero-order valence-corrected chi connectivity index (χ0v) is 34.4. The number of carbonyl (C=O) groups excluding carboxylic acids is 2. The summed E-state index contributed by atoms with van der Waals surface area (Å²) in [6.45, 7) is 27.8. The van der Waals surface area contributed by atoms with E-state index in [0.717, 1.165) is 25.7 Å². The molecule has 0 saturated heterocycles. The molecule has 7 nitrogen and oxygen atoms in total. The molecule has 1 N–H and O–H groups in total. The molecule has 0 aromatic heterocycles. The predicted octanol–water partition coefficient (Wildman–Crippen LogP) is 10.4. The van der Waals surface area contributed by atoms with Gasteiger partial charge in [-0.3, -0.25) is 14.4 Å². The van der Waals surface area contributed by atoms with Crippen molar-refractivity contribution >= 4 is 17.9 Å². The molecule has 4 unspecified atom stereocenters. The first-order valence-electron chi connectivity index (χ1n) is 20.5. The number of aliphatic carboxylic acids is 1. The zero-order valence-electron chi connectivity index (χ0n) is 34.4. The first kappa shape index (κ1) is 41.9. The Morgan fingerprint density at radius 3 is 2.12 bits per heavy atom. The minimum absolute atomic E-state index is 0.0482. The monoisotopic (exact) mass is 715 g/mol. The molecule has 0 aromatic carbocycles. The number of fused-ring (bicyclic) bond motifs is 7. The lowest BCUT2D eigenvalue weighted by atomic mass is 9.32. The van der Waals surface area contributed by atoms with Crippen LogP contribution in [-0.4, -0.2) is 49.4 Å². The van der Waals surface area contributed by atoms with Crippen molar-refractivity contribution in [2.45, 2.75) is 165 Å². The summed E-state index contributed by atoms with van der Waals surface area (Å²) in [4.78, 5) is 37.4. The molecule has 0 radical (unpaired) electrons. The first-order valence-corrected chi connectivity index (χ1v) is 20.5. The van der Waals surface area contributed by atoms with Gasteiger partial charge in [-0.25, -0.2) is 0 Å². The van der Waals surface area contributed by atoms with Crippen molar-refractivity contribution in [1.82, 2.24) is 0 Å². The average Bonchev–Trinajstić information content (AvgIpc) is 3.42. The van der Waals surface area contributed by atoms with E-state index in [1.807, 2.05) is 27.7 Å². The number of hydrogen-bond acceptors (Lipinski definition) is 6. The smallest absolute Gasteiger partial charge is 0.306 e. The number of carbonyl (C=O) groups is 3. The van der Waals surface area contributed by atoms with Crippen LogP contribution in [0, 0.1) is 62.1 Å². The van der Waals surface area contributed by atoms with E-state index >= 15 is 0 Å². The van der Waals surface area contributed by atoms with Crippen molar-refractivity contribution < 1.29 is 33.7 Å². The topological polar surface area (TPSA) is 99.1 Å².